The molecule has 0 aliphatic carbocycles. The zero-order valence-corrected chi connectivity index (χ0v) is 17.3. The van der Waals surface area contributed by atoms with E-state index in [1.807, 2.05) is 48.5 Å². The summed E-state index contributed by atoms with van der Waals surface area (Å²) >= 11 is 5.93. The molecule has 0 spiro atoms. The quantitative estimate of drug-likeness (QED) is 0.432. The minimum atomic E-state index is 0.542. The Morgan fingerprint density at radius 1 is 0.933 bits per heavy atom. The summed E-state index contributed by atoms with van der Waals surface area (Å²) in [4.78, 5) is 13.5. The summed E-state index contributed by atoms with van der Waals surface area (Å²) in [6, 6.07) is 15.1. The number of rotatable bonds is 7. The number of ether oxygens (including phenoxy) is 2. The van der Waals surface area contributed by atoms with Gasteiger partial charge in [0.1, 0.15) is 5.82 Å². The maximum atomic E-state index is 5.93. The Labute approximate surface area is 179 Å². The number of methoxy groups -OCH3 is 2. The van der Waals surface area contributed by atoms with Crippen LogP contribution in [0.15, 0.2) is 60.9 Å². The molecular formula is C22H20ClN5O2. The smallest absolute Gasteiger partial charge is 0.223 e. The highest BCUT2D eigenvalue weighted by Crippen LogP contribution is 2.32. The molecule has 152 valence electrons. The number of aromatic nitrogens is 3. The summed E-state index contributed by atoms with van der Waals surface area (Å²) in [7, 11) is 3.21. The zero-order valence-electron chi connectivity index (χ0n) is 16.5. The van der Waals surface area contributed by atoms with E-state index in [1.165, 1.54) is 0 Å². The van der Waals surface area contributed by atoms with Crippen LogP contribution in [0.2, 0.25) is 5.02 Å². The molecule has 4 rings (SSSR count). The van der Waals surface area contributed by atoms with Crippen LogP contribution in [0.4, 0.5) is 17.5 Å². The first kappa shape index (κ1) is 19.7. The van der Waals surface area contributed by atoms with Crippen molar-refractivity contribution in [3.05, 3.63) is 71.5 Å². The first-order valence-corrected chi connectivity index (χ1v) is 9.63. The Kier molecular flexibility index (Phi) is 5.81. The molecule has 0 aliphatic heterocycles. The molecule has 0 bridgehead atoms. The van der Waals surface area contributed by atoms with E-state index in [9.17, 15) is 0 Å². The highest BCUT2D eigenvalue weighted by Gasteiger charge is 2.09. The van der Waals surface area contributed by atoms with E-state index in [1.54, 1.807) is 26.6 Å². The SMILES string of the molecule is COc1ccc(Nc2nccc3nc(NCc4ccc(Cl)cc4)ncc23)cc1OC. The average Bonchev–Trinajstić information content (AvgIpc) is 2.78. The lowest BCUT2D eigenvalue weighted by atomic mass is 10.2. The summed E-state index contributed by atoms with van der Waals surface area (Å²) in [5, 5.41) is 8.05. The van der Waals surface area contributed by atoms with Gasteiger partial charge in [0, 0.05) is 35.7 Å². The molecule has 0 atom stereocenters. The van der Waals surface area contributed by atoms with Crippen LogP contribution in [-0.2, 0) is 6.54 Å². The van der Waals surface area contributed by atoms with Crippen molar-refractivity contribution >= 4 is 40.0 Å². The first-order valence-electron chi connectivity index (χ1n) is 9.25. The Morgan fingerprint density at radius 3 is 2.50 bits per heavy atom. The lowest BCUT2D eigenvalue weighted by Gasteiger charge is -2.12. The second kappa shape index (κ2) is 8.84. The van der Waals surface area contributed by atoms with Crippen LogP contribution >= 0.6 is 11.6 Å². The summed E-state index contributed by atoms with van der Waals surface area (Å²) in [6.45, 7) is 0.602. The number of fused-ring (bicyclic) bond motifs is 1. The highest BCUT2D eigenvalue weighted by molar-refractivity contribution is 6.30. The molecule has 2 aromatic heterocycles. The maximum absolute atomic E-state index is 5.93. The van der Waals surface area contributed by atoms with E-state index in [0.717, 1.165) is 22.2 Å². The fourth-order valence-corrected chi connectivity index (χ4v) is 3.10. The van der Waals surface area contributed by atoms with E-state index in [-0.39, 0.29) is 0 Å². The van der Waals surface area contributed by atoms with E-state index < -0.39 is 0 Å². The average molecular weight is 422 g/mol. The van der Waals surface area contributed by atoms with Gasteiger partial charge in [-0.15, -0.1) is 0 Å². The molecule has 4 aromatic rings. The van der Waals surface area contributed by atoms with Crippen LogP contribution in [0.5, 0.6) is 11.5 Å². The number of benzene rings is 2. The minimum absolute atomic E-state index is 0.542. The monoisotopic (exact) mass is 421 g/mol. The predicted octanol–water partition coefficient (Wildman–Crippen LogP) is 5.05. The number of anilines is 3. The van der Waals surface area contributed by atoms with E-state index in [2.05, 4.69) is 25.6 Å². The molecule has 0 amide bonds. The van der Waals surface area contributed by atoms with Crippen molar-refractivity contribution in [2.45, 2.75) is 6.54 Å². The van der Waals surface area contributed by atoms with Crippen molar-refractivity contribution in [1.29, 1.82) is 0 Å². The number of pyridine rings is 1. The molecule has 7 nitrogen and oxygen atoms in total. The molecule has 0 fully saturated rings. The Morgan fingerprint density at radius 2 is 1.73 bits per heavy atom. The molecule has 2 aromatic carbocycles. The number of hydrogen-bond acceptors (Lipinski definition) is 7. The van der Waals surface area contributed by atoms with Crippen molar-refractivity contribution in [1.82, 2.24) is 15.0 Å². The van der Waals surface area contributed by atoms with Gasteiger partial charge in [0.2, 0.25) is 5.95 Å². The third-order valence-electron chi connectivity index (χ3n) is 4.52. The number of nitrogens with one attached hydrogen (secondary N) is 2. The number of hydrogen-bond donors (Lipinski definition) is 2. The molecule has 30 heavy (non-hydrogen) atoms. The topological polar surface area (TPSA) is 81.2 Å². The van der Waals surface area contributed by atoms with Gasteiger partial charge in [-0.2, -0.15) is 0 Å². The lowest BCUT2D eigenvalue weighted by molar-refractivity contribution is 0.355. The highest BCUT2D eigenvalue weighted by atomic mass is 35.5. The molecule has 8 heteroatoms. The third kappa shape index (κ3) is 4.36. The first-order chi connectivity index (χ1) is 14.7. The fourth-order valence-electron chi connectivity index (χ4n) is 2.98. The standard InChI is InChI=1S/C22H20ClN5O2/c1-29-19-8-7-16(11-20(19)30-2)27-21-17-13-26-22(28-18(17)9-10-24-21)25-12-14-3-5-15(23)6-4-14/h3-11,13H,12H2,1-2H3,(H,24,27)(H,25,26,28). The molecule has 2 N–H and O–H groups in total. The van der Waals surface area contributed by atoms with Gasteiger partial charge in [-0.3, -0.25) is 0 Å². The predicted molar refractivity (Wildman–Crippen MR) is 119 cm³/mol. The van der Waals surface area contributed by atoms with Crippen molar-refractivity contribution in [2.24, 2.45) is 0 Å². The largest absolute Gasteiger partial charge is 0.493 e. The summed E-state index contributed by atoms with van der Waals surface area (Å²) in [5.74, 6) is 2.49. The van der Waals surface area contributed by atoms with E-state index in [0.29, 0.717) is 34.8 Å². The molecule has 2 heterocycles. The lowest BCUT2D eigenvalue weighted by Crippen LogP contribution is -2.04. The molecular weight excluding hydrogens is 402 g/mol. The van der Waals surface area contributed by atoms with Crippen molar-refractivity contribution in [3.63, 3.8) is 0 Å². The van der Waals surface area contributed by atoms with Gasteiger partial charge in [-0.25, -0.2) is 15.0 Å². The van der Waals surface area contributed by atoms with Crippen LogP contribution in [0.25, 0.3) is 10.9 Å². The summed E-state index contributed by atoms with van der Waals surface area (Å²) in [6.07, 6.45) is 3.46. The van der Waals surface area contributed by atoms with Crippen molar-refractivity contribution in [3.8, 4) is 11.5 Å². The van der Waals surface area contributed by atoms with Gasteiger partial charge in [0.25, 0.3) is 0 Å². The van der Waals surface area contributed by atoms with Crippen LogP contribution in [-0.4, -0.2) is 29.2 Å². The van der Waals surface area contributed by atoms with E-state index >= 15 is 0 Å². The van der Waals surface area contributed by atoms with Crippen LogP contribution in [0.1, 0.15) is 5.56 Å². The molecule has 0 unspecified atom stereocenters. The van der Waals surface area contributed by atoms with Gasteiger partial charge in [-0.05, 0) is 35.9 Å². The van der Waals surface area contributed by atoms with Crippen molar-refractivity contribution in [2.75, 3.05) is 24.9 Å². The normalized spacial score (nSPS) is 10.6. The van der Waals surface area contributed by atoms with E-state index in [4.69, 9.17) is 21.1 Å². The molecule has 0 saturated heterocycles. The Bertz CT molecular complexity index is 1170. The third-order valence-corrected chi connectivity index (χ3v) is 4.77. The summed E-state index contributed by atoms with van der Waals surface area (Å²) < 4.78 is 10.6. The molecule has 0 aliphatic rings. The van der Waals surface area contributed by atoms with Gasteiger partial charge >= 0.3 is 0 Å². The van der Waals surface area contributed by atoms with Crippen molar-refractivity contribution < 1.29 is 9.47 Å². The van der Waals surface area contributed by atoms with Gasteiger partial charge in [0.15, 0.2) is 11.5 Å². The Hall–Kier alpha value is -3.58. The second-order valence-electron chi connectivity index (χ2n) is 6.46. The summed E-state index contributed by atoms with van der Waals surface area (Å²) in [5.41, 5.74) is 2.69. The number of nitrogens with zero attached hydrogens (tertiary/aromatic N) is 3. The second-order valence-corrected chi connectivity index (χ2v) is 6.90. The molecule has 0 radical (unpaired) electrons. The number of halogens is 1. The Balaban J connectivity index is 1.54. The van der Waals surface area contributed by atoms with Crippen LogP contribution in [0, 0.1) is 0 Å². The van der Waals surface area contributed by atoms with Crippen LogP contribution < -0.4 is 20.1 Å². The minimum Gasteiger partial charge on any atom is -0.493 e. The molecule has 0 saturated carbocycles. The fraction of sp³-hybridized carbons (Fsp3) is 0.136. The van der Waals surface area contributed by atoms with Gasteiger partial charge in [0.05, 0.1) is 25.1 Å². The van der Waals surface area contributed by atoms with Gasteiger partial charge < -0.3 is 20.1 Å². The maximum Gasteiger partial charge on any atom is 0.223 e. The zero-order chi connectivity index (χ0) is 20.9. The van der Waals surface area contributed by atoms with Gasteiger partial charge in [-0.1, -0.05) is 23.7 Å². The van der Waals surface area contributed by atoms with Crippen LogP contribution in [0.3, 0.4) is 0 Å².